The Balaban J connectivity index is 2.44. The maximum atomic E-state index is 12.1. The Labute approximate surface area is 120 Å². The van der Waals surface area contributed by atoms with Crippen molar-refractivity contribution in [1.29, 1.82) is 0 Å². The first-order valence-electron chi connectivity index (χ1n) is 6.58. The second kappa shape index (κ2) is 6.48. The average molecular weight is 283 g/mol. The molecule has 0 aromatic carbocycles. The van der Waals surface area contributed by atoms with Gasteiger partial charge in [0.15, 0.2) is 0 Å². The molecule has 0 spiro atoms. The van der Waals surface area contributed by atoms with Gasteiger partial charge in [0.2, 0.25) is 5.91 Å². The van der Waals surface area contributed by atoms with Crippen LogP contribution in [0.25, 0.3) is 0 Å². The number of hydrogen-bond acceptors (Lipinski definition) is 4. The number of carbonyl (C=O) groups is 1. The van der Waals surface area contributed by atoms with Gasteiger partial charge in [0.05, 0.1) is 17.2 Å². The van der Waals surface area contributed by atoms with Crippen molar-refractivity contribution >= 4 is 17.2 Å². The van der Waals surface area contributed by atoms with E-state index in [9.17, 15) is 4.79 Å². The molecule has 1 atom stereocenters. The fourth-order valence-electron chi connectivity index (χ4n) is 2.05. The van der Waals surface area contributed by atoms with Crippen molar-refractivity contribution < 1.29 is 4.79 Å². The Kier molecular flexibility index (Phi) is 5.50. The van der Waals surface area contributed by atoms with Gasteiger partial charge in [0.25, 0.3) is 0 Å². The largest absolute Gasteiger partial charge is 0.340 e. The van der Waals surface area contributed by atoms with Gasteiger partial charge in [0.1, 0.15) is 0 Å². The standard InChI is InChI=1S/C14H25N3OS/c1-10-16-12(9-19-10)8-17(5)13(18)6-11(15)7-14(2,3)4/h9,11H,6-8,15H2,1-5H3. The molecule has 0 saturated heterocycles. The summed E-state index contributed by atoms with van der Waals surface area (Å²) in [5.74, 6) is 0.0856. The van der Waals surface area contributed by atoms with Gasteiger partial charge in [0, 0.05) is 24.9 Å². The highest BCUT2D eigenvalue weighted by atomic mass is 32.1. The lowest BCUT2D eigenvalue weighted by molar-refractivity contribution is -0.130. The van der Waals surface area contributed by atoms with Crippen molar-refractivity contribution in [2.45, 2.75) is 53.1 Å². The summed E-state index contributed by atoms with van der Waals surface area (Å²) in [7, 11) is 1.81. The minimum atomic E-state index is -0.0767. The second-order valence-electron chi connectivity index (χ2n) is 6.34. The molecule has 0 aliphatic rings. The van der Waals surface area contributed by atoms with Crippen molar-refractivity contribution in [2.75, 3.05) is 7.05 Å². The van der Waals surface area contributed by atoms with Crippen molar-refractivity contribution in [2.24, 2.45) is 11.1 Å². The van der Waals surface area contributed by atoms with Crippen molar-refractivity contribution in [3.63, 3.8) is 0 Å². The van der Waals surface area contributed by atoms with E-state index in [1.54, 1.807) is 23.3 Å². The Hall–Kier alpha value is -0.940. The van der Waals surface area contributed by atoms with Gasteiger partial charge in [-0.25, -0.2) is 4.98 Å². The Morgan fingerprint density at radius 1 is 1.53 bits per heavy atom. The number of nitrogens with two attached hydrogens (primary N) is 1. The number of nitrogens with zero attached hydrogens (tertiary/aromatic N) is 2. The van der Waals surface area contributed by atoms with E-state index in [-0.39, 0.29) is 17.4 Å². The molecule has 19 heavy (non-hydrogen) atoms. The molecular weight excluding hydrogens is 258 g/mol. The number of carbonyl (C=O) groups excluding carboxylic acids is 1. The maximum Gasteiger partial charge on any atom is 0.224 e. The molecule has 0 fully saturated rings. The van der Waals surface area contributed by atoms with Gasteiger partial charge in [-0.3, -0.25) is 4.79 Å². The maximum absolute atomic E-state index is 12.1. The molecule has 4 nitrogen and oxygen atoms in total. The molecule has 0 bridgehead atoms. The number of amides is 1. The zero-order valence-electron chi connectivity index (χ0n) is 12.6. The number of aryl methyl sites for hydroxylation is 1. The number of thiazole rings is 1. The van der Waals surface area contributed by atoms with Crippen LogP contribution in [-0.4, -0.2) is 28.9 Å². The van der Waals surface area contributed by atoms with Crippen molar-refractivity contribution in [3.8, 4) is 0 Å². The summed E-state index contributed by atoms with van der Waals surface area (Å²) in [5.41, 5.74) is 7.14. The van der Waals surface area contributed by atoms with E-state index >= 15 is 0 Å². The molecule has 5 heteroatoms. The molecule has 1 amide bonds. The lowest BCUT2D eigenvalue weighted by Gasteiger charge is -2.24. The number of rotatable bonds is 5. The van der Waals surface area contributed by atoms with Crippen LogP contribution in [0.3, 0.4) is 0 Å². The van der Waals surface area contributed by atoms with Crippen LogP contribution in [0.1, 0.15) is 44.3 Å². The lowest BCUT2D eigenvalue weighted by atomic mass is 9.87. The molecule has 1 heterocycles. The third kappa shape index (κ3) is 6.16. The van der Waals surface area contributed by atoms with Crippen LogP contribution in [0.2, 0.25) is 0 Å². The highest BCUT2D eigenvalue weighted by molar-refractivity contribution is 7.09. The van der Waals surface area contributed by atoms with Gasteiger partial charge < -0.3 is 10.6 Å². The molecule has 1 rings (SSSR count). The highest BCUT2D eigenvalue weighted by Crippen LogP contribution is 2.21. The third-order valence-electron chi connectivity index (χ3n) is 2.80. The van der Waals surface area contributed by atoms with E-state index in [0.29, 0.717) is 13.0 Å². The van der Waals surface area contributed by atoms with E-state index in [4.69, 9.17) is 5.73 Å². The molecule has 108 valence electrons. The van der Waals surface area contributed by atoms with Crippen LogP contribution in [0, 0.1) is 12.3 Å². The summed E-state index contributed by atoms with van der Waals surface area (Å²) < 4.78 is 0. The number of hydrogen-bond donors (Lipinski definition) is 1. The topological polar surface area (TPSA) is 59.2 Å². The molecule has 1 aromatic rings. The monoisotopic (exact) mass is 283 g/mol. The Bertz CT molecular complexity index is 423. The van der Waals surface area contributed by atoms with Crippen molar-refractivity contribution in [1.82, 2.24) is 9.88 Å². The molecule has 2 N–H and O–H groups in total. The zero-order valence-corrected chi connectivity index (χ0v) is 13.4. The van der Waals surface area contributed by atoms with Gasteiger partial charge in [-0.1, -0.05) is 20.8 Å². The predicted molar refractivity (Wildman–Crippen MR) is 80.0 cm³/mol. The summed E-state index contributed by atoms with van der Waals surface area (Å²) in [6.45, 7) is 8.94. The summed E-state index contributed by atoms with van der Waals surface area (Å²) in [5, 5.41) is 3.02. The average Bonchev–Trinajstić information content (AvgIpc) is 2.60. The lowest BCUT2D eigenvalue weighted by Crippen LogP contribution is -2.35. The third-order valence-corrected chi connectivity index (χ3v) is 3.63. The van der Waals surface area contributed by atoms with Crippen LogP contribution in [0.15, 0.2) is 5.38 Å². The normalized spacial score (nSPS) is 13.4. The molecule has 0 radical (unpaired) electrons. The quantitative estimate of drug-likeness (QED) is 0.903. The Morgan fingerprint density at radius 2 is 2.16 bits per heavy atom. The fraction of sp³-hybridized carbons (Fsp3) is 0.714. The summed E-state index contributed by atoms with van der Waals surface area (Å²) in [6, 6.07) is -0.0767. The smallest absolute Gasteiger partial charge is 0.224 e. The first-order valence-corrected chi connectivity index (χ1v) is 7.46. The van der Waals surface area contributed by atoms with Crippen LogP contribution >= 0.6 is 11.3 Å². The van der Waals surface area contributed by atoms with Gasteiger partial charge in [-0.05, 0) is 18.8 Å². The Morgan fingerprint density at radius 3 is 2.63 bits per heavy atom. The minimum absolute atomic E-state index is 0.0767. The van der Waals surface area contributed by atoms with E-state index in [1.807, 2.05) is 12.3 Å². The molecule has 1 unspecified atom stereocenters. The molecule has 0 saturated carbocycles. The van der Waals surface area contributed by atoms with Crippen LogP contribution < -0.4 is 5.73 Å². The molecule has 1 aromatic heterocycles. The van der Waals surface area contributed by atoms with E-state index < -0.39 is 0 Å². The summed E-state index contributed by atoms with van der Waals surface area (Å²) in [6.07, 6.45) is 1.25. The molecule has 0 aliphatic heterocycles. The van der Waals surface area contributed by atoms with Gasteiger partial charge in [-0.15, -0.1) is 11.3 Å². The van der Waals surface area contributed by atoms with E-state index in [0.717, 1.165) is 17.1 Å². The van der Waals surface area contributed by atoms with E-state index in [1.165, 1.54) is 0 Å². The predicted octanol–water partition coefficient (Wildman–Crippen LogP) is 2.56. The second-order valence-corrected chi connectivity index (χ2v) is 7.40. The first kappa shape index (κ1) is 16.1. The van der Waals surface area contributed by atoms with E-state index in [2.05, 4.69) is 25.8 Å². The molecular formula is C14H25N3OS. The molecule has 0 aliphatic carbocycles. The van der Waals surface area contributed by atoms with Crippen LogP contribution in [-0.2, 0) is 11.3 Å². The van der Waals surface area contributed by atoms with Crippen LogP contribution in [0.4, 0.5) is 0 Å². The minimum Gasteiger partial charge on any atom is -0.340 e. The summed E-state index contributed by atoms with van der Waals surface area (Å²) in [4.78, 5) is 18.1. The van der Waals surface area contributed by atoms with Crippen molar-refractivity contribution in [3.05, 3.63) is 16.1 Å². The highest BCUT2D eigenvalue weighted by Gasteiger charge is 2.20. The first-order chi connectivity index (χ1) is 8.67. The van der Waals surface area contributed by atoms with Gasteiger partial charge in [-0.2, -0.15) is 0 Å². The zero-order chi connectivity index (χ0) is 14.6. The summed E-state index contributed by atoms with van der Waals surface area (Å²) >= 11 is 1.61. The number of aromatic nitrogens is 1. The van der Waals surface area contributed by atoms with Gasteiger partial charge >= 0.3 is 0 Å². The van der Waals surface area contributed by atoms with Crippen LogP contribution in [0.5, 0.6) is 0 Å². The SMILES string of the molecule is Cc1nc(CN(C)C(=O)CC(N)CC(C)(C)C)cs1. The fourth-order valence-corrected chi connectivity index (χ4v) is 2.65.